The Labute approximate surface area is 105 Å². The molecule has 7 heteroatoms. The van der Waals surface area contributed by atoms with Crippen molar-refractivity contribution in [2.24, 2.45) is 5.11 Å². The van der Waals surface area contributed by atoms with Crippen molar-refractivity contribution in [2.45, 2.75) is 44.1 Å². The van der Waals surface area contributed by atoms with Crippen molar-refractivity contribution in [2.75, 3.05) is 13.1 Å². The van der Waals surface area contributed by atoms with E-state index in [0.29, 0.717) is 19.5 Å². The zero-order chi connectivity index (χ0) is 13.0. The minimum absolute atomic E-state index is 0.104. The molecule has 0 unspecified atom stereocenters. The number of carbonyl (C=O) groups is 2. The van der Waals surface area contributed by atoms with Crippen LogP contribution >= 0.6 is 0 Å². The van der Waals surface area contributed by atoms with Crippen LogP contribution in [-0.4, -0.2) is 35.5 Å². The summed E-state index contributed by atoms with van der Waals surface area (Å²) in [6.07, 6.45) is 5.09. The Kier molecular flexibility index (Phi) is 3.72. The lowest BCUT2D eigenvalue weighted by Gasteiger charge is -2.30. The molecule has 1 aliphatic heterocycles. The van der Waals surface area contributed by atoms with Gasteiger partial charge in [0, 0.05) is 18.0 Å². The van der Waals surface area contributed by atoms with E-state index in [0.717, 1.165) is 32.1 Å². The SMILES string of the molecule is [N-]=[N+]=NCCCN1C(=O)NC2(CCCCC2)C1=O. The van der Waals surface area contributed by atoms with E-state index < -0.39 is 5.54 Å². The standard InChI is InChI=1S/C11H17N5O2/c12-15-13-7-4-8-16-9(17)11(14-10(16)18)5-2-1-3-6-11/h1-8H2,(H,14,18). The molecule has 0 aromatic rings. The maximum Gasteiger partial charge on any atom is 0.325 e. The molecule has 0 bridgehead atoms. The summed E-state index contributed by atoms with van der Waals surface area (Å²) in [6.45, 7) is 0.631. The molecule has 0 aromatic carbocycles. The average molecular weight is 251 g/mol. The number of urea groups is 1. The van der Waals surface area contributed by atoms with E-state index >= 15 is 0 Å². The van der Waals surface area contributed by atoms with E-state index in [1.54, 1.807) is 0 Å². The van der Waals surface area contributed by atoms with Gasteiger partial charge in [-0.2, -0.15) is 0 Å². The number of amides is 3. The average Bonchev–Trinajstić information content (AvgIpc) is 2.59. The van der Waals surface area contributed by atoms with E-state index in [4.69, 9.17) is 5.53 Å². The molecule has 1 saturated heterocycles. The van der Waals surface area contributed by atoms with Crippen LogP contribution < -0.4 is 5.32 Å². The zero-order valence-corrected chi connectivity index (χ0v) is 10.3. The fourth-order valence-electron chi connectivity index (χ4n) is 2.72. The second-order valence-electron chi connectivity index (χ2n) is 4.84. The molecule has 18 heavy (non-hydrogen) atoms. The second kappa shape index (κ2) is 5.27. The molecule has 3 amide bonds. The Hall–Kier alpha value is -1.75. The molecule has 1 heterocycles. The van der Waals surface area contributed by atoms with Crippen LogP contribution in [0.15, 0.2) is 5.11 Å². The van der Waals surface area contributed by atoms with Gasteiger partial charge in [0.15, 0.2) is 0 Å². The number of rotatable bonds is 4. The highest BCUT2D eigenvalue weighted by Gasteiger charge is 2.50. The van der Waals surface area contributed by atoms with Gasteiger partial charge in [-0.15, -0.1) is 0 Å². The summed E-state index contributed by atoms with van der Waals surface area (Å²) in [5.74, 6) is -0.104. The quantitative estimate of drug-likeness (QED) is 0.271. The highest BCUT2D eigenvalue weighted by atomic mass is 16.2. The van der Waals surface area contributed by atoms with Crippen molar-refractivity contribution in [3.8, 4) is 0 Å². The summed E-state index contributed by atoms with van der Waals surface area (Å²) in [7, 11) is 0. The van der Waals surface area contributed by atoms with Crippen molar-refractivity contribution in [3.63, 3.8) is 0 Å². The van der Waals surface area contributed by atoms with E-state index in [2.05, 4.69) is 15.3 Å². The molecular formula is C11H17N5O2. The maximum atomic E-state index is 12.3. The first kappa shape index (κ1) is 12.7. The van der Waals surface area contributed by atoms with Gasteiger partial charge in [-0.25, -0.2) is 4.79 Å². The summed E-state index contributed by atoms with van der Waals surface area (Å²) in [6, 6.07) is -0.303. The number of hydrogen-bond acceptors (Lipinski definition) is 3. The van der Waals surface area contributed by atoms with Crippen LogP contribution in [0.4, 0.5) is 4.79 Å². The Bertz CT molecular complexity index is 396. The first-order valence-electron chi connectivity index (χ1n) is 6.35. The van der Waals surface area contributed by atoms with Gasteiger partial charge in [-0.3, -0.25) is 9.69 Å². The third kappa shape index (κ3) is 2.26. The van der Waals surface area contributed by atoms with Crippen molar-refractivity contribution >= 4 is 11.9 Å². The van der Waals surface area contributed by atoms with Crippen molar-refractivity contribution in [1.82, 2.24) is 10.2 Å². The molecule has 1 spiro atoms. The van der Waals surface area contributed by atoms with Crippen LogP contribution in [0.1, 0.15) is 38.5 Å². The zero-order valence-electron chi connectivity index (χ0n) is 10.3. The van der Waals surface area contributed by atoms with Crippen LogP contribution in [-0.2, 0) is 4.79 Å². The number of azide groups is 1. The summed E-state index contributed by atoms with van der Waals surface area (Å²) in [5.41, 5.74) is 7.51. The second-order valence-corrected chi connectivity index (χ2v) is 4.84. The molecule has 2 rings (SSSR count). The van der Waals surface area contributed by atoms with Gasteiger partial charge in [0.25, 0.3) is 5.91 Å². The lowest BCUT2D eigenvalue weighted by molar-refractivity contribution is -0.132. The van der Waals surface area contributed by atoms with E-state index in [1.807, 2.05) is 0 Å². The molecule has 1 aliphatic carbocycles. The molecule has 7 nitrogen and oxygen atoms in total. The predicted octanol–water partition coefficient (Wildman–Crippen LogP) is 1.94. The van der Waals surface area contributed by atoms with Crippen LogP contribution in [0.25, 0.3) is 10.4 Å². The first-order valence-corrected chi connectivity index (χ1v) is 6.35. The summed E-state index contributed by atoms with van der Waals surface area (Å²) in [5, 5.41) is 6.24. The van der Waals surface area contributed by atoms with Crippen LogP contribution in [0.3, 0.4) is 0 Å². The van der Waals surface area contributed by atoms with Crippen LogP contribution in [0.5, 0.6) is 0 Å². The van der Waals surface area contributed by atoms with Gasteiger partial charge in [-0.1, -0.05) is 24.4 Å². The van der Waals surface area contributed by atoms with Gasteiger partial charge >= 0.3 is 6.03 Å². The molecule has 0 atom stereocenters. The Balaban J connectivity index is 1.98. The van der Waals surface area contributed by atoms with Gasteiger partial charge in [0.2, 0.25) is 0 Å². The molecule has 0 radical (unpaired) electrons. The maximum absolute atomic E-state index is 12.3. The molecule has 0 aromatic heterocycles. The summed E-state index contributed by atoms with van der Waals surface area (Å²) < 4.78 is 0. The van der Waals surface area contributed by atoms with Crippen molar-refractivity contribution in [3.05, 3.63) is 10.4 Å². The van der Waals surface area contributed by atoms with Gasteiger partial charge in [-0.05, 0) is 24.8 Å². The normalized spacial score (nSPS) is 21.9. The molecule has 2 fully saturated rings. The smallest absolute Gasteiger partial charge is 0.323 e. The fraction of sp³-hybridized carbons (Fsp3) is 0.818. The van der Waals surface area contributed by atoms with Crippen LogP contribution in [0, 0.1) is 0 Å². The van der Waals surface area contributed by atoms with E-state index in [1.165, 1.54) is 4.90 Å². The van der Waals surface area contributed by atoms with Crippen LogP contribution in [0.2, 0.25) is 0 Å². The number of nitrogens with one attached hydrogen (secondary N) is 1. The van der Waals surface area contributed by atoms with Crippen molar-refractivity contribution < 1.29 is 9.59 Å². The third-order valence-corrected chi connectivity index (χ3v) is 3.66. The van der Waals surface area contributed by atoms with E-state index in [-0.39, 0.29) is 11.9 Å². The van der Waals surface area contributed by atoms with Gasteiger partial charge in [0.05, 0.1) is 0 Å². The number of carbonyl (C=O) groups excluding carboxylic acids is 2. The molecule has 98 valence electrons. The Morgan fingerprint density at radius 2 is 2.06 bits per heavy atom. The minimum atomic E-state index is -0.645. The molecule has 2 aliphatic rings. The Morgan fingerprint density at radius 3 is 2.72 bits per heavy atom. The lowest BCUT2D eigenvalue weighted by Crippen LogP contribution is -2.48. The monoisotopic (exact) mass is 251 g/mol. The highest BCUT2D eigenvalue weighted by Crippen LogP contribution is 2.33. The van der Waals surface area contributed by atoms with Gasteiger partial charge in [0.1, 0.15) is 5.54 Å². The fourth-order valence-corrected chi connectivity index (χ4v) is 2.72. The number of nitrogens with zero attached hydrogens (tertiary/aromatic N) is 4. The lowest BCUT2D eigenvalue weighted by atomic mass is 9.82. The number of imide groups is 1. The number of hydrogen-bond donors (Lipinski definition) is 1. The predicted molar refractivity (Wildman–Crippen MR) is 64.7 cm³/mol. The largest absolute Gasteiger partial charge is 0.325 e. The summed E-state index contributed by atoms with van der Waals surface area (Å²) in [4.78, 5) is 28.0. The topological polar surface area (TPSA) is 98.2 Å². The van der Waals surface area contributed by atoms with E-state index in [9.17, 15) is 9.59 Å². The van der Waals surface area contributed by atoms with Crippen molar-refractivity contribution in [1.29, 1.82) is 0 Å². The highest BCUT2D eigenvalue weighted by molar-refractivity contribution is 6.07. The Morgan fingerprint density at radius 1 is 1.33 bits per heavy atom. The minimum Gasteiger partial charge on any atom is -0.323 e. The van der Waals surface area contributed by atoms with Gasteiger partial charge < -0.3 is 5.32 Å². The first-order chi connectivity index (χ1) is 8.69. The molecule has 1 N–H and O–H groups in total. The molecule has 1 saturated carbocycles. The summed E-state index contributed by atoms with van der Waals surface area (Å²) >= 11 is 0. The molecular weight excluding hydrogens is 234 g/mol. The third-order valence-electron chi connectivity index (χ3n) is 3.66.